The Kier molecular flexibility index (Phi) is 3.79. The predicted molar refractivity (Wildman–Crippen MR) is 83.4 cm³/mol. The largest absolute Gasteiger partial charge is 0.314 e. The zero-order valence-electron chi connectivity index (χ0n) is 13.4. The highest BCUT2D eigenvalue weighted by Crippen LogP contribution is 2.69. The van der Waals surface area contributed by atoms with Crippen molar-refractivity contribution < 1.29 is 0 Å². The molecule has 0 saturated heterocycles. The van der Waals surface area contributed by atoms with Gasteiger partial charge >= 0.3 is 0 Å². The number of rotatable bonds is 5. The van der Waals surface area contributed by atoms with Gasteiger partial charge in [-0.25, -0.2) is 0 Å². The number of likely N-dealkylation sites (N-methyl/N-ethyl adjacent to an activating group) is 1. The van der Waals surface area contributed by atoms with Crippen molar-refractivity contribution in [1.82, 2.24) is 5.32 Å². The normalized spacial score (nSPS) is 22.2. The first-order chi connectivity index (χ1) is 8.80. The maximum atomic E-state index is 3.72. The van der Waals surface area contributed by atoms with E-state index >= 15 is 0 Å². The van der Waals surface area contributed by atoms with Crippen molar-refractivity contribution >= 4 is 0 Å². The standard InChI is InChI=1S/C18H29N/c1-7-19-15(16-17(3,4)18(16,5)6)12-14-10-8-9-13(2)11-14/h8-11,15-16,19H,7,12H2,1-6H3. The highest BCUT2D eigenvalue weighted by Gasteiger charge is 2.66. The molecule has 106 valence electrons. The lowest BCUT2D eigenvalue weighted by Crippen LogP contribution is -2.35. The van der Waals surface area contributed by atoms with Crippen molar-refractivity contribution in [2.75, 3.05) is 6.54 Å². The molecule has 0 aromatic heterocycles. The third-order valence-electron chi connectivity index (χ3n) is 5.54. The first kappa shape index (κ1) is 14.6. The van der Waals surface area contributed by atoms with Gasteiger partial charge in [-0.05, 0) is 42.2 Å². The minimum atomic E-state index is 0.448. The summed E-state index contributed by atoms with van der Waals surface area (Å²) in [4.78, 5) is 0. The molecule has 0 heterocycles. The third-order valence-corrected chi connectivity index (χ3v) is 5.54. The van der Waals surface area contributed by atoms with Crippen molar-refractivity contribution in [1.29, 1.82) is 0 Å². The third kappa shape index (κ3) is 2.58. The molecule has 1 fully saturated rings. The molecular weight excluding hydrogens is 230 g/mol. The first-order valence-electron chi connectivity index (χ1n) is 7.59. The van der Waals surface area contributed by atoms with Crippen LogP contribution >= 0.6 is 0 Å². The van der Waals surface area contributed by atoms with Gasteiger partial charge in [0.25, 0.3) is 0 Å². The van der Waals surface area contributed by atoms with Gasteiger partial charge in [-0.2, -0.15) is 0 Å². The van der Waals surface area contributed by atoms with Crippen molar-refractivity contribution in [2.24, 2.45) is 16.7 Å². The van der Waals surface area contributed by atoms with Gasteiger partial charge in [0.2, 0.25) is 0 Å². The van der Waals surface area contributed by atoms with Gasteiger partial charge in [0.05, 0.1) is 0 Å². The number of hydrogen-bond donors (Lipinski definition) is 1. The highest BCUT2D eigenvalue weighted by atomic mass is 15.0. The molecule has 0 radical (unpaired) electrons. The van der Waals surface area contributed by atoms with Crippen LogP contribution in [0.25, 0.3) is 0 Å². The number of nitrogens with one attached hydrogen (secondary N) is 1. The van der Waals surface area contributed by atoms with Crippen LogP contribution in [0.1, 0.15) is 45.7 Å². The van der Waals surface area contributed by atoms with Crippen molar-refractivity contribution in [3.8, 4) is 0 Å². The maximum absolute atomic E-state index is 3.72. The lowest BCUT2D eigenvalue weighted by Gasteiger charge is -2.20. The van der Waals surface area contributed by atoms with E-state index < -0.39 is 0 Å². The molecule has 0 aliphatic heterocycles. The van der Waals surface area contributed by atoms with Crippen LogP contribution in [-0.2, 0) is 6.42 Å². The molecule has 0 amide bonds. The van der Waals surface area contributed by atoms with Crippen LogP contribution in [-0.4, -0.2) is 12.6 Å². The molecule has 1 aliphatic carbocycles. The highest BCUT2D eigenvalue weighted by molar-refractivity contribution is 5.25. The zero-order chi connectivity index (χ0) is 14.3. The van der Waals surface area contributed by atoms with Gasteiger partial charge in [-0.15, -0.1) is 0 Å². The molecule has 19 heavy (non-hydrogen) atoms. The van der Waals surface area contributed by atoms with E-state index in [0.717, 1.165) is 18.9 Å². The van der Waals surface area contributed by atoms with Crippen LogP contribution < -0.4 is 5.32 Å². The van der Waals surface area contributed by atoms with Gasteiger partial charge in [0.1, 0.15) is 0 Å². The van der Waals surface area contributed by atoms with Crippen molar-refractivity contribution in [3.63, 3.8) is 0 Å². The summed E-state index contributed by atoms with van der Waals surface area (Å²) in [5, 5.41) is 3.72. The molecule has 1 aromatic rings. The summed E-state index contributed by atoms with van der Waals surface area (Å²) in [6.45, 7) is 15.1. The summed E-state index contributed by atoms with van der Waals surface area (Å²) in [5.74, 6) is 0.764. The zero-order valence-corrected chi connectivity index (χ0v) is 13.4. The van der Waals surface area contributed by atoms with E-state index in [2.05, 4.69) is 71.1 Å². The first-order valence-corrected chi connectivity index (χ1v) is 7.59. The van der Waals surface area contributed by atoms with Crippen molar-refractivity contribution in [3.05, 3.63) is 35.4 Å². The second kappa shape index (κ2) is 4.94. The Morgan fingerprint density at radius 2 is 1.79 bits per heavy atom. The molecular formula is C18H29N. The number of aryl methyl sites for hydroxylation is 1. The molecule has 1 nitrogen and oxygen atoms in total. The van der Waals surface area contributed by atoms with Crippen molar-refractivity contribution in [2.45, 2.75) is 54.0 Å². The minimum absolute atomic E-state index is 0.448. The lowest BCUT2D eigenvalue weighted by atomic mass is 9.96. The summed E-state index contributed by atoms with van der Waals surface area (Å²) < 4.78 is 0. The Morgan fingerprint density at radius 1 is 1.16 bits per heavy atom. The summed E-state index contributed by atoms with van der Waals surface area (Å²) in [7, 11) is 0. The minimum Gasteiger partial charge on any atom is -0.314 e. The van der Waals surface area contributed by atoms with Gasteiger partial charge < -0.3 is 5.32 Å². The quantitative estimate of drug-likeness (QED) is 0.835. The monoisotopic (exact) mass is 259 g/mol. The molecule has 1 N–H and O–H groups in total. The van der Waals surface area contributed by atoms with Gasteiger partial charge in [0, 0.05) is 6.04 Å². The molecule has 1 saturated carbocycles. The van der Waals surface area contributed by atoms with Crippen LogP contribution in [0.3, 0.4) is 0 Å². The summed E-state index contributed by atoms with van der Waals surface area (Å²) in [5.41, 5.74) is 3.72. The van der Waals surface area contributed by atoms with Crippen LogP contribution in [0.5, 0.6) is 0 Å². The average Bonchev–Trinajstić information content (AvgIpc) is 2.69. The smallest absolute Gasteiger partial charge is 0.0146 e. The van der Waals surface area contributed by atoms with E-state index in [-0.39, 0.29) is 0 Å². The molecule has 1 atom stereocenters. The molecule has 1 unspecified atom stereocenters. The summed E-state index contributed by atoms with van der Waals surface area (Å²) >= 11 is 0. The number of benzene rings is 1. The summed E-state index contributed by atoms with van der Waals surface area (Å²) in [6, 6.07) is 9.54. The van der Waals surface area contributed by atoms with Gasteiger partial charge in [-0.3, -0.25) is 0 Å². The molecule has 1 aliphatic rings. The van der Waals surface area contributed by atoms with Gasteiger partial charge in [0.15, 0.2) is 0 Å². The van der Waals surface area contributed by atoms with Crippen LogP contribution in [0.15, 0.2) is 24.3 Å². The Labute approximate surface area is 118 Å². The van der Waals surface area contributed by atoms with E-state index in [1.807, 2.05) is 0 Å². The second-order valence-corrected chi connectivity index (χ2v) is 7.28. The fraction of sp³-hybridized carbons (Fsp3) is 0.667. The van der Waals surface area contributed by atoms with E-state index in [9.17, 15) is 0 Å². The Hall–Kier alpha value is -0.820. The average molecular weight is 259 g/mol. The second-order valence-electron chi connectivity index (χ2n) is 7.28. The predicted octanol–water partition coefficient (Wildman–Crippen LogP) is 4.20. The molecule has 0 bridgehead atoms. The summed E-state index contributed by atoms with van der Waals surface area (Å²) in [6.07, 6.45) is 1.15. The van der Waals surface area contributed by atoms with Crippen LogP contribution in [0.4, 0.5) is 0 Å². The molecule has 1 heteroatoms. The lowest BCUT2D eigenvalue weighted by molar-refractivity contribution is 0.403. The maximum Gasteiger partial charge on any atom is 0.0146 e. The SMILES string of the molecule is CCNC(Cc1cccc(C)c1)C1C(C)(C)C1(C)C. The molecule has 0 spiro atoms. The fourth-order valence-electron chi connectivity index (χ4n) is 3.92. The van der Waals surface area contributed by atoms with Gasteiger partial charge in [-0.1, -0.05) is 64.4 Å². The van der Waals surface area contributed by atoms with E-state index in [4.69, 9.17) is 0 Å². The van der Waals surface area contributed by atoms with E-state index in [1.165, 1.54) is 11.1 Å². The Balaban J connectivity index is 2.14. The fourth-order valence-corrected chi connectivity index (χ4v) is 3.92. The topological polar surface area (TPSA) is 12.0 Å². The van der Waals surface area contributed by atoms with E-state index in [0.29, 0.717) is 16.9 Å². The molecule has 1 aromatic carbocycles. The Morgan fingerprint density at radius 3 is 2.26 bits per heavy atom. The van der Waals surface area contributed by atoms with Crippen LogP contribution in [0.2, 0.25) is 0 Å². The Bertz CT molecular complexity index is 431. The van der Waals surface area contributed by atoms with Crippen LogP contribution in [0, 0.1) is 23.7 Å². The van der Waals surface area contributed by atoms with E-state index in [1.54, 1.807) is 0 Å². The molecule has 2 rings (SSSR count). The number of hydrogen-bond acceptors (Lipinski definition) is 1.